The third-order valence-corrected chi connectivity index (χ3v) is 5.64. The number of hydrogen-bond acceptors (Lipinski definition) is 4. The van der Waals surface area contributed by atoms with Crippen LogP contribution in [0.25, 0.3) is 0 Å². The molecule has 4 rings (SSSR count). The zero-order chi connectivity index (χ0) is 20.8. The summed E-state index contributed by atoms with van der Waals surface area (Å²) in [7, 11) is 0. The van der Waals surface area contributed by atoms with Crippen molar-refractivity contribution in [1.82, 2.24) is 15.6 Å². The zero-order valence-corrected chi connectivity index (χ0v) is 17.5. The molecule has 154 valence electrons. The summed E-state index contributed by atoms with van der Waals surface area (Å²) >= 11 is 6.49. The van der Waals surface area contributed by atoms with Crippen LogP contribution >= 0.6 is 11.6 Å². The van der Waals surface area contributed by atoms with Crippen LogP contribution in [-0.2, 0) is 25.9 Å². The fourth-order valence-electron chi connectivity index (χ4n) is 3.67. The lowest BCUT2D eigenvalue weighted by atomic mass is 10.0. The van der Waals surface area contributed by atoms with Crippen LogP contribution in [0, 0.1) is 0 Å². The first-order valence-electron chi connectivity index (χ1n) is 10.2. The van der Waals surface area contributed by atoms with Gasteiger partial charge in [0, 0.05) is 18.3 Å². The molecule has 0 spiro atoms. The Morgan fingerprint density at radius 3 is 2.63 bits per heavy atom. The molecule has 6 heteroatoms. The molecular formula is C24H25ClN4O. The van der Waals surface area contributed by atoms with Gasteiger partial charge in [-0.3, -0.25) is 9.78 Å². The summed E-state index contributed by atoms with van der Waals surface area (Å²) in [5, 5.41) is 10.6. The summed E-state index contributed by atoms with van der Waals surface area (Å²) in [5.41, 5.74) is 6.24. The van der Waals surface area contributed by atoms with Gasteiger partial charge in [-0.05, 0) is 73.0 Å². The average Bonchev–Trinajstić information content (AvgIpc) is 3.03. The number of aromatic nitrogens is 1. The van der Waals surface area contributed by atoms with Gasteiger partial charge in [0.2, 0.25) is 0 Å². The highest BCUT2D eigenvalue weighted by molar-refractivity contribution is 6.33. The van der Waals surface area contributed by atoms with E-state index in [2.05, 4.69) is 27.0 Å². The molecule has 0 saturated heterocycles. The first-order valence-corrected chi connectivity index (χ1v) is 10.6. The number of halogens is 1. The van der Waals surface area contributed by atoms with E-state index in [-0.39, 0.29) is 5.91 Å². The van der Waals surface area contributed by atoms with Crippen LogP contribution in [0.4, 0.5) is 5.69 Å². The number of nitrogens with one attached hydrogen (secondary N) is 3. The topological polar surface area (TPSA) is 66.0 Å². The third kappa shape index (κ3) is 4.99. The van der Waals surface area contributed by atoms with E-state index in [9.17, 15) is 4.79 Å². The van der Waals surface area contributed by atoms with E-state index in [0.29, 0.717) is 18.7 Å². The molecule has 2 heterocycles. The Balaban J connectivity index is 1.38. The molecule has 0 radical (unpaired) electrons. The number of carbonyl (C=O) groups excluding carboxylic acids is 1. The smallest absolute Gasteiger partial charge is 0.251 e. The van der Waals surface area contributed by atoms with Gasteiger partial charge in [0.1, 0.15) is 0 Å². The minimum Gasteiger partial charge on any atom is -0.380 e. The molecule has 30 heavy (non-hydrogen) atoms. The second kappa shape index (κ2) is 9.74. The fraction of sp³-hybridized carbons (Fsp3) is 0.250. The fourth-order valence-corrected chi connectivity index (χ4v) is 3.92. The van der Waals surface area contributed by atoms with Gasteiger partial charge in [-0.25, -0.2) is 0 Å². The zero-order valence-electron chi connectivity index (χ0n) is 16.7. The number of nitrogens with zero attached hydrogens (tertiary/aromatic N) is 1. The van der Waals surface area contributed by atoms with Crippen LogP contribution in [-0.4, -0.2) is 24.0 Å². The largest absolute Gasteiger partial charge is 0.380 e. The molecule has 2 aromatic carbocycles. The molecule has 0 unspecified atom stereocenters. The molecule has 0 atom stereocenters. The Morgan fingerprint density at radius 1 is 1.00 bits per heavy atom. The summed E-state index contributed by atoms with van der Waals surface area (Å²) in [4.78, 5) is 16.6. The number of anilines is 1. The van der Waals surface area contributed by atoms with Crippen molar-refractivity contribution < 1.29 is 4.79 Å². The minimum atomic E-state index is -0.107. The number of amides is 1. The van der Waals surface area contributed by atoms with E-state index >= 15 is 0 Å². The van der Waals surface area contributed by atoms with Crippen LogP contribution in [0.3, 0.4) is 0 Å². The minimum absolute atomic E-state index is 0.107. The average molecular weight is 421 g/mol. The molecule has 1 aliphatic rings. The van der Waals surface area contributed by atoms with Crippen molar-refractivity contribution in [3.05, 3.63) is 93.8 Å². The first-order chi connectivity index (χ1) is 14.7. The molecule has 1 aliphatic heterocycles. The van der Waals surface area contributed by atoms with E-state index in [1.807, 2.05) is 48.5 Å². The molecule has 0 fully saturated rings. The second-order valence-electron chi connectivity index (χ2n) is 7.36. The third-order valence-electron chi connectivity index (χ3n) is 5.32. The molecule has 0 saturated carbocycles. The van der Waals surface area contributed by atoms with Gasteiger partial charge in [-0.1, -0.05) is 35.9 Å². The van der Waals surface area contributed by atoms with Crippen molar-refractivity contribution in [1.29, 1.82) is 0 Å². The maximum absolute atomic E-state index is 12.4. The van der Waals surface area contributed by atoms with Crippen LogP contribution in [0.15, 0.2) is 60.8 Å². The molecular weight excluding hydrogens is 396 g/mol. The predicted octanol–water partition coefficient (Wildman–Crippen LogP) is 3.97. The lowest BCUT2D eigenvalue weighted by molar-refractivity contribution is 0.0950. The van der Waals surface area contributed by atoms with Crippen molar-refractivity contribution in [2.24, 2.45) is 0 Å². The lowest BCUT2D eigenvalue weighted by Gasteiger charge is -2.16. The van der Waals surface area contributed by atoms with E-state index in [1.54, 1.807) is 6.20 Å². The monoisotopic (exact) mass is 420 g/mol. The van der Waals surface area contributed by atoms with E-state index < -0.39 is 0 Å². The van der Waals surface area contributed by atoms with E-state index in [1.165, 1.54) is 11.1 Å². The SMILES string of the molecule is O=C(NCc1ccccn1)c1ccc(CNc2c(Cl)ccc3c2CCNCC3)cc1. The second-order valence-corrected chi connectivity index (χ2v) is 7.77. The molecule has 1 aromatic heterocycles. The van der Waals surface area contributed by atoms with E-state index in [0.717, 1.165) is 47.9 Å². The summed E-state index contributed by atoms with van der Waals surface area (Å²) in [6.45, 7) is 3.02. The Hall–Kier alpha value is -2.89. The van der Waals surface area contributed by atoms with Gasteiger partial charge in [-0.2, -0.15) is 0 Å². The highest BCUT2D eigenvalue weighted by Gasteiger charge is 2.14. The quantitative estimate of drug-likeness (QED) is 0.564. The molecule has 3 aromatic rings. The maximum Gasteiger partial charge on any atom is 0.251 e. The van der Waals surface area contributed by atoms with Gasteiger partial charge in [0.15, 0.2) is 0 Å². The van der Waals surface area contributed by atoms with Gasteiger partial charge in [-0.15, -0.1) is 0 Å². The highest BCUT2D eigenvalue weighted by Crippen LogP contribution is 2.31. The Kier molecular flexibility index (Phi) is 6.62. The van der Waals surface area contributed by atoms with Crippen molar-refractivity contribution in [2.45, 2.75) is 25.9 Å². The molecule has 1 amide bonds. The number of rotatable bonds is 6. The Bertz CT molecular complexity index is 1010. The number of hydrogen-bond donors (Lipinski definition) is 3. The van der Waals surface area contributed by atoms with Gasteiger partial charge in [0.25, 0.3) is 5.91 Å². The van der Waals surface area contributed by atoms with Crippen LogP contribution in [0.5, 0.6) is 0 Å². The number of fused-ring (bicyclic) bond motifs is 1. The summed E-state index contributed by atoms with van der Waals surface area (Å²) in [5.74, 6) is -0.107. The molecule has 5 nitrogen and oxygen atoms in total. The molecule has 3 N–H and O–H groups in total. The van der Waals surface area contributed by atoms with Crippen molar-refractivity contribution in [3.63, 3.8) is 0 Å². The van der Waals surface area contributed by atoms with Gasteiger partial charge < -0.3 is 16.0 Å². The first kappa shape index (κ1) is 20.4. The molecule has 0 bridgehead atoms. The number of pyridine rings is 1. The summed E-state index contributed by atoms with van der Waals surface area (Å²) in [6, 6.07) is 17.4. The Labute approximate surface area is 181 Å². The van der Waals surface area contributed by atoms with Gasteiger partial charge >= 0.3 is 0 Å². The normalized spacial score (nSPS) is 13.2. The summed E-state index contributed by atoms with van der Waals surface area (Å²) in [6.07, 6.45) is 3.70. The van der Waals surface area contributed by atoms with E-state index in [4.69, 9.17) is 11.6 Å². The van der Waals surface area contributed by atoms with Crippen LogP contribution in [0.1, 0.15) is 32.7 Å². The van der Waals surface area contributed by atoms with Crippen molar-refractivity contribution in [3.8, 4) is 0 Å². The number of benzene rings is 2. The van der Waals surface area contributed by atoms with Crippen LogP contribution < -0.4 is 16.0 Å². The van der Waals surface area contributed by atoms with Crippen molar-refractivity contribution >= 4 is 23.2 Å². The predicted molar refractivity (Wildman–Crippen MR) is 121 cm³/mol. The van der Waals surface area contributed by atoms with Crippen LogP contribution in [0.2, 0.25) is 5.02 Å². The lowest BCUT2D eigenvalue weighted by Crippen LogP contribution is -2.23. The standard InChI is InChI=1S/C24H25ClN4O/c25-22-9-8-18-10-13-26-14-11-21(18)23(22)28-15-17-4-6-19(7-5-17)24(30)29-16-20-3-1-2-12-27-20/h1-9,12,26,28H,10-11,13-16H2,(H,29,30). The summed E-state index contributed by atoms with van der Waals surface area (Å²) < 4.78 is 0. The number of carbonyl (C=O) groups is 1. The Morgan fingerprint density at radius 2 is 1.83 bits per heavy atom. The maximum atomic E-state index is 12.4. The highest BCUT2D eigenvalue weighted by atomic mass is 35.5. The molecule has 0 aliphatic carbocycles. The van der Waals surface area contributed by atoms with Gasteiger partial charge in [0.05, 0.1) is 22.9 Å². The van der Waals surface area contributed by atoms with Crippen molar-refractivity contribution in [2.75, 3.05) is 18.4 Å².